The van der Waals surface area contributed by atoms with Crippen molar-refractivity contribution in [3.63, 3.8) is 0 Å². The third-order valence-electron chi connectivity index (χ3n) is 7.13. The Morgan fingerprint density at radius 1 is 0.689 bits per heavy atom. The molecule has 0 aromatic carbocycles. The van der Waals surface area contributed by atoms with Crippen molar-refractivity contribution in [2.45, 2.75) is 129 Å². The molecule has 0 spiro atoms. The van der Waals surface area contributed by atoms with Gasteiger partial charge in [0.15, 0.2) is 0 Å². The highest BCUT2D eigenvalue weighted by atomic mass is 31.2. The summed E-state index contributed by atoms with van der Waals surface area (Å²) >= 11 is 0. The van der Waals surface area contributed by atoms with Crippen molar-refractivity contribution >= 4 is 13.8 Å². The van der Waals surface area contributed by atoms with E-state index in [4.69, 9.17) is 13.8 Å². The van der Waals surface area contributed by atoms with E-state index >= 15 is 0 Å². The Bertz CT molecular complexity index is 864. The van der Waals surface area contributed by atoms with Gasteiger partial charge in [-0.05, 0) is 32.1 Å². The molecule has 0 aromatic rings. The van der Waals surface area contributed by atoms with Crippen molar-refractivity contribution in [1.29, 1.82) is 0 Å². The Balaban J connectivity index is 3.64. The summed E-state index contributed by atoms with van der Waals surface area (Å²) in [6, 6.07) is 0. The normalized spacial score (nSPS) is 14.7. The van der Waals surface area contributed by atoms with Crippen LogP contribution in [0.1, 0.15) is 122 Å². The van der Waals surface area contributed by atoms with Gasteiger partial charge in [0.25, 0.3) is 0 Å². The number of quaternary nitrogens is 1. The highest BCUT2D eigenvalue weighted by molar-refractivity contribution is 7.47. The second-order valence-electron chi connectivity index (χ2n) is 12.8. The largest absolute Gasteiger partial charge is 0.472 e. The number of allylic oxidation sites excluding steroid dienone is 7. The van der Waals surface area contributed by atoms with Gasteiger partial charge in [0.05, 0.1) is 34.2 Å². The van der Waals surface area contributed by atoms with Crippen LogP contribution < -0.4 is 0 Å². The molecule has 0 bridgehead atoms. The quantitative estimate of drug-likeness (QED) is 0.0252. The Hall–Kier alpha value is -1.54. The van der Waals surface area contributed by atoms with Crippen LogP contribution in [0.25, 0.3) is 0 Å². The number of hydrogen-bond acceptors (Lipinski definition) is 6. The number of nitrogens with zero attached hydrogens (tertiary/aromatic N) is 1. The predicted molar refractivity (Wildman–Crippen MR) is 187 cm³/mol. The third kappa shape index (κ3) is 35.2. The van der Waals surface area contributed by atoms with Gasteiger partial charge >= 0.3 is 13.8 Å². The Labute approximate surface area is 275 Å². The molecule has 0 fully saturated rings. The summed E-state index contributed by atoms with van der Waals surface area (Å²) in [5.41, 5.74) is 0. The van der Waals surface area contributed by atoms with Crippen molar-refractivity contribution in [3.8, 4) is 0 Å². The molecule has 0 rings (SSSR count). The lowest BCUT2D eigenvalue weighted by Crippen LogP contribution is -2.37. The van der Waals surface area contributed by atoms with E-state index in [2.05, 4.69) is 37.3 Å². The van der Waals surface area contributed by atoms with Gasteiger partial charge in [-0.25, -0.2) is 4.57 Å². The van der Waals surface area contributed by atoms with E-state index in [1.807, 2.05) is 33.3 Å². The van der Waals surface area contributed by atoms with Crippen LogP contribution in [-0.2, 0) is 23.1 Å². The molecule has 2 N–H and O–H groups in total. The van der Waals surface area contributed by atoms with E-state index in [1.165, 1.54) is 89.9 Å². The molecule has 45 heavy (non-hydrogen) atoms. The highest BCUT2D eigenvalue weighted by Crippen LogP contribution is 2.43. The highest BCUT2D eigenvalue weighted by Gasteiger charge is 2.24. The van der Waals surface area contributed by atoms with Crippen LogP contribution >= 0.6 is 7.82 Å². The topological polar surface area (TPSA) is 102 Å². The fraction of sp³-hybridized carbons (Fsp3) is 0.750. The molecule has 9 heteroatoms. The van der Waals surface area contributed by atoms with E-state index < -0.39 is 26.5 Å². The van der Waals surface area contributed by atoms with Crippen LogP contribution in [0, 0.1) is 0 Å². The van der Waals surface area contributed by atoms with Crippen LogP contribution in [0.15, 0.2) is 48.6 Å². The number of unbranched alkanes of at least 4 members (excludes halogenated alkanes) is 13. The van der Waals surface area contributed by atoms with Crippen LogP contribution in [0.4, 0.5) is 0 Å². The van der Waals surface area contributed by atoms with Gasteiger partial charge in [0.1, 0.15) is 25.9 Å². The molecule has 0 radical (unpaired) electrons. The first kappa shape index (κ1) is 43.5. The lowest BCUT2D eigenvalue weighted by Gasteiger charge is -2.24. The first-order valence-electron chi connectivity index (χ1n) is 17.4. The number of likely N-dealkylation sites (N-methyl/N-ethyl adjacent to an activating group) is 1. The molecular weight excluding hydrogens is 589 g/mol. The Morgan fingerprint density at radius 2 is 1.16 bits per heavy atom. The first-order valence-corrected chi connectivity index (χ1v) is 18.9. The van der Waals surface area contributed by atoms with Gasteiger partial charge in [0, 0.05) is 0 Å². The number of aliphatic hydroxyl groups excluding tert-OH is 1. The van der Waals surface area contributed by atoms with Crippen LogP contribution in [0.3, 0.4) is 0 Å². The summed E-state index contributed by atoms with van der Waals surface area (Å²) in [5.74, 6) is -0.495. The molecule has 0 aliphatic carbocycles. The van der Waals surface area contributed by atoms with Gasteiger partial charge in [0.2, 0.25) is 0 Å². The van der Waals surface area contributed by atoms with Crippen molar-refractivity contribution in [3.05, 3.63) is 48.6 Å². The maximum absolute atomic E-state index is 11.8. The van der Waals surface area contributed by atoms with Crippen molar-refractivity contribution < 1.29 is 37.6 Å². The van der Waals surface area contributed by atoms with Gasteiger partial charge in [-0.15, -0.1) is 0 Å². The Morgan fingerprint density at radius 3 is 1.67 bits per heavy atom. The third-order valence-corrected chi connectivity index (χ3v) is 8.11. The fourth-order valence-electron chi connectivity index (χ4n) is 4.33. The molecule has 0 aromatic heterocycles. The number of aliphatic hydroxyl groups is 1. The number of ether oxygens (including phenoxy) is 1. The lowest BCUT2D eigenvalue weighted by molar-refractivity contribution is -0.870. The minimum absolute atomic E-state index is 0.0395. The fourth-order valence-corrected chi connectivity index (χ4v) is 5.08. The average Bonchev–Trinajstić information content (AvgIpc) is 2.98. The zero-order valence-corrected chi connectivity index (χ0v) is 30.0. The zero-order chi connectivity index (χ0) is 33.5. The van der Waals surface area contributed by atoms with Crippen LogP contribution in [0.2, 0.25) is 0 Å². The van der Waals surface area contributed by atoms with Crippen molar-refractivity contribution in [2.24, 2.45) is 0 Å². The molecule has 1 unspecified atom stereocenters. The molecule has 0 aliphatic heterocycles. The zero-order valence-electron chi connectivity index (χ0n) is 29.1. The number of phosphoric acid groups is 1. The molecule has 0 heterocycles. The molecular formula is C36H67NO7P+. The van der Waals surface area contributed by atoms with Gasteiger partial charge in [-0.2, -0.15) is 0 Å². The molecule has 2 atom stereocenters. The number of carbonyl (C=O) groups excluding carboxylic acids is 1. The number of rotatable bonds is 31. The maximum atomic E-state index is 11.8. The van der Waals surface area contributed by atoms with E-state index in [0.717, 1.165) is 19.3 Å². The molecule has 262 valence electrons. The Kier molecular flexibility index (Phi) is 28.8. The smallest absolute Gasteiger partial charge is 0.463 e. The van der Waals surface area contributed by atoms with Gasteiger partial charge in [-0.3, -0.25) is 13.8 Å². The summed E-state index contributed by atoms with van der Waals surface area (Å²) < 4.78 is 27.0. The molecule has 0 saturated heterocycles. The standard InChI is InChI=1S/C36H66NO7P/c1-5-6-7-8-9-10-11-12-13-14-15-16-17-18-19-20-21-22-23-24-25-26-27-28-29-30-36(39)42-33-35(38)34-44-45(40,41)43-32-31-37(2,3)4/h19-20,22-23,25-26,28-29,35,38H,5-18,21,24,27,30-34H2,1-4H3/p+1/t35-/m1/s1. The second kappa shape index (κ2) is 29.8. The molecule has 0 aliphatic rings. The molecule has 8 nitrogen and oxygen atoms in total. The number of hydrogen-bond donors (Lipinski definition) is 2. The SMILES string of the molecule is CCCCCCCCCCCCCCCC=CCC=CCC=CCC=CCC(=O)OC[C@@H](O)COP(=O)(O)OCC[N+](C)(C)C. The lowest BCUT2D eigenvalue weighted by atomic mass is 10.0. The maximum Gasteiger partial charge on any atom is 0.472 e. The van der Waals surface area contributed by atoms with Crippen LogP contribution in [-0.4, -0.2) is 74.1 Å². The summed E-state index contributed by atoms with van der Waals surface area (Å²) in [6.07, 6.45) is 37.4. The van der Waals surface area contributed by atoms with Crippen molar-refractivity contribution in [1.82, 2.24) is 0 Å². The van der Waals surface area contributed by atoms with E-state index in [0.29, 0.717) is 11.0 Å². The van der Waals surface area contributed by atoms with E-state index in [9.17, 15) is 19.4 Å². The summed E-state index contributed by atoms with van der Waals surface area (Å²) in [6.45, 7) is 2.03. The summed E-state index contributed by atoms with van der Waals surface area (Å²) in [4.78, 5) is 21.5. The van der Waals surface area contributed by atoms with Gasteiger partial charge < -0.3 is 19.2 Å². The minimum Gasteiger partial charge on any atom is -0.463 e. The van der Waals surface area contributed by atoms with E-state index in [1.54, 1.807) is 6.08 Å². The predicted octanol–water partition coefficient (Wildman–Crippen LogP) is 9.00. The number of carbonyl (C=O) groups is 1. The molecule has 0 amide bonds. The summed E-state index contributed by atoms with van der Waals surface area (Å²) in [5, 5.41) is 9.85. The number of esters is 1. The monoisotopic (exact) mass is 656 g/mol. The van der Waals surface area contributed by atoms with Crippen LogP contribution in [0.5, 0.6) is 0 Å². The second-order valence-corrected chi connectivity index (χ2v) is 14.2. The molecule has 0 saturated carbocycles. The number of phosphoric ester groups is 1. The van der Waals surface area contributed by atoms with Gasteiger partial charge in [-0.1, -0.05) is 133 Å². The van der Waals surface area contributed by atoms with E-state index in [-0.39, 0.29) is 19.6 Å². The first-order chi connectivity index (χ1) is 21.6. The van der Waals surface area contributed by atoms with Crippen molar-refractivity contribution in [2.75, 3.05) is 47.5 Å². The summed E-state index contributed by atoms with van der Waals surface area (Å²) in [7, 11) is 1.51. The minimum atomic E-state index is -4.27. The average molecular weight is 657 g/mol.